The first-order valence-corrected chi connectivity index (χ1v) is 6.09. The van der Waals surface area contributed by atoms with E-state index in [0.717, 1.165) is 17.1 Å². The first-order valence-electron chi connectivity index (χ1n) is 6.09. The summed E-state index contributed by atoms with van der Waals surface area (Å²) in [5, 5.41) is 4.26. The topological polar surface area (TPSA) is 56.7 Å². The second-order valence-corrected chi connectivity index (χ2v) is 4.41. The van der Waals surface area contributed by atoms with Crippen LogP contribution in [0.3, 0.4) is 0 Å². The van der Waals surface area contributed by atoms with Crippen LogP contribution < -0.4 is 5.73 Å². The van der Waals surface area contributed by atoms with Crippen molar-refractivity contribution < 1.29 is 0 Å². The Hall–Kier alpha value is -2.62. The maximum atomic E-state index is 5.74. The molecule has 3 aromatic rings. The summed E-state index contributed by atoms with van der Waals surface area (Å²) < 4.78 is 1.76. The monoisotopic (exact) mass is 250 g/mol. The van der Waals surface area contributed by atoms with E-state index in [1.54, 1.807) is 4.68 Å². The third-order valence-electron chi connectivity index (χ3n) is 2.93. The summed E-state index contributed by atoms with van der Waals surface area (Å²) in [6.07, 6.45) is 0. The molecule has 0 aliphatic carbocycles. The fourth-order valence-corrected chi connectivity index (χ4v) is 1.97. The summed E-state index contributed by atoms with van der Waals surface area (Å²) in [7, 11) is 0. The summed E-state index contributed by atoms with van der Waals surface area (Å²) in [5.74, 6) is 1.03. The number of aromatic nitrogens is 3. The van der Waals surface area contributed by atoms with Crippen molar-refractivity contribution in [1.29, 1.82) is 0 Å². The molecule has 0 aliphatic heterocycles. The van der Waals surface area contributed by atoms with E-state index in [1.807, 2.05) is 42.5 Å². The van der Waals surface area contributed by atoms with Crippen molar-refractivity contribution in [2.45, 2.75) is 6.92 Å². The van der Waals surface area contributed by atoms with Crippen LogP contribution in [0.5, 0.6) is 0 Å². The number of para-hydroxylation sites is 1. The number of hydrogen-bond acceptors (Lipinski definition) is 3. The highest BCUT2D eigenvalue weighted by Gasteiger charge is 2.11. The number of nitrogens with zero attached hydrogens (tertiary/aromatic N) is 3. The standard InChI is InChI=1S/C15H14N4/c1-11-7-9-12(10-8-11)14-17-15(16)18-19(14)13-5-3-2-4-6-13/h2-10H,1H3,(H2,16,18). The average Bonchev–Trinajstić information content (AvgIpc) is 2.83. The van der Waals surface area contributed by atoms with Crippen molar-refractivity contribution in [2.24, 2.45) is 0 Å². The van der Waals surface area contributed by atoms with Gasteiger partial charge in [0, 0.05) is 5.56 Å². The molecule has 0 amide bonds. The number of benzene rings is 2. The molecule has 2 N–H and O–H groups in total. The van der Waals surface area contributed by atoms with E-state index in [2.05, 4.69) is 29.1 Å². The van der Waals surface area contributed by atoms with E-state index >= 15 is 0 Å². The Morgan fingerprint density at radius 1 is 0.947 bits per heavy atom. The van der Waals surface area contributed by atoms with E-state index in [4.69, 9.17) is 5.73 Å². The van der Waals surface area contributed by atoms with Crippen LogP contribution in [0.15, 0.2) is 54.6 Å². The molecule has 4 heteroatoms. The molecule has 0 bridgehead atoms. The van der Waals surface area contributed by atoms with Crippen LogP contribution in [0.4, 0.5) is 5.95 Å². The van der Waals surface area contributed by atoms with Gasteiger partial charge >= 0.3 is 0 Å². The number of aryl methyl sites for hydroxylation is 1. The van der Waals surface area contributed by atoms with E-state index < -0.39 is 0 Å². The molecule has 1 heterocycles. The normalized spacial score (nSPS) is 10.6. The minimum atomic E-state index is 0.277. The SMILES string of the molecule is Cc1ccc(-c2nc(N)nn2-c2ccccc2)cc1. The van der Waals surface area contributed by atoms with Crippen molar-refractivity contribution in [3.05, 3.63) is 60.2 Å². The van der Waals surface area contributed by atoms with Gasteiger partial charge < -0.3 is 5.73 Å². The Balaban J connectivity index is 2.15. The second kappa shape index (κ2) is 4.57. The lowest BCUT2D eigenvalue weighted by Crippen LogP contribution is -1.99. The summed E-state index contributed by atoms with van der Waals surface area (Å²) in [6.45, 7) is 2.06. The van der Waals surface area contributed by atoms with Crippen LogP contribution in [0, 0.1) is 6.92 Å². The van der Waals surface area contributed by atoms with Crippen LogP contribution in [0.2, 0.25) is 0 Å². The molecule has 3 rings (SSSR count). The van der Waals surface area contributed by atoms with Gasteiger partial charge in [0.2, 0.25) is 5.95 Å². The third kappa shape index (κ3) is 2.20. The number of rotatable bonds is 2. The highest BCUT2D eigenvalue weighted by atomic mass is 15.4. The van der Waals surface area contributed by atoms with Crippen LogP contribution in [0.25, 0.3) is 17.1 Å². The van der Waals surface area contributed by atoms with Gasteiger partial charge in [0.15, 0.2) is 5.82 Å². The molecule has 0 aliphatic rings. The van der Waals surface area contributed by atoms with Gasteiger partial charge in [-0.2, -0.15) is 4.98 Å². The maximum Gasteiger partial charge on any atom is 0.240 e. The molecule has 0 saturated carbocycles. The van der Waals surface area contributed by atoms with Gasteiger partial charge in [-0.3, -0.25) is 0 Å². The van der Waals surface area contributed by atoms with E-state index in [0.29, 0.717) is 0 Å². The number of anilines is 1. The van der Waals surface area contributed by atoms with E-state index in [-0.39, 0.29) is 5.95 Å². The quantitative estimate of drug-likeness (QED) is 0.760. The Kier molecular flexibility index (Phi) is 2.76. The number of nitrogens with two attached hydrogens (primary N) is 1. The lowest BCUT2D eigenvalue weighted by molar-refractivity contribution is 0.892. The minimum absolute atomic E-state index is 0.277. The molecular formula is C15H14N4. The Morgan fingerprint density at radius 3 is 2.32 bits per heavy atom. The fourth-order valence-electron chi connectivity index (χ4n) is 1.97. The average molecular weight is 250 g/mol. The molecule has 2 aromatic carbocycles. The maximum absolute atomic E-state index is 5.74. The summed E-state index contributed by atoms with van der Waals surface area (Å²) in [6, 6.07) is 18.0. The molecule has 0 atom stereocenters. The second-order valence-electron chi connectivity index (χ2n) is 4.41. The largest absolute Gasteiger partial charge is 0.366 e. The van der Waals surface area contributed by atoms with Crippen LogP contribution in [0.1, 0.15) is 5.56 Å². The third-order valence-corrected chi connectivity index (χ3v) is 2.93. The number of nitrogen functional groups attached to an aromatic ring is 1. The summed E-state index contributed by atoms with van der Waals surface area (Å²) >= 11 is 0. The van der Waals surface area contributed by atoms with E-state index in [9.17, 15) is 0 Å². The zero-order valence-electron chi connectivity index (χ0n) is 10.6. The van der Waals surface area contributed by atoms with Crippen molar-refractivity contribution in [3.63, 3.8) is 0 Å². The van der Waals surface area contributed by atoms with Gasteiger partial charge in [-0.25, -0.2) is 4.68 Å². The molecular weight excluding hydrogens is 236 g/mol. The molecule has 4 nitrogen and oxygen atoms in total. The van der Waals surface area contributed by atoms with Crippen molar-refractivity contribution in [1.82, 2.24) is 14.8 Å². The van der Waals surface area contributed by atoms with Gasteiger partial charge in [-0.1, -0.05) is 48.0 Å². The van der Waals surface area contributed by atoms with Gasteiger partial charge in [-0.15, -0.1) is 5.10 Å². The molecule has 0 radical (unpaired) electrons. The van der Waals surface area contributed by atoms with Crippen LogP contribution in [-0.4, -0.2) is 14.8 Å². The molecule has 0 spiro atoms. The predicted octanol–water partition coefficient (Wildman–Crippen LogP) is 2.82. The highest BCUT2D eigenvalue weighted by molar-refractivity contribution is 5.59. The smallest absolute Gasteiger partial charge is 0.240 e. The van der Waals surface area contributed by atoms with Crippen LogP contribution in [-0.2, 0) is 0 Å². The highest BCUT2D eigenvalue weighted by Crippen LogP contribution is 2.22. The minimum Gasteiger partial charge on any atom is -0.366 e. The Morgan fingerprint density at radius 2 is 1.63 bits per heavy atom. The Labute approximate surface area is 111 Å². The van der Waals surface area contributed by atoms with Crippen molar-refractivity contribution in [2.75, 3.05) is 5.73 Å². The first-order chi connectivity index (χ1) is 9.24. The zero-order chi connectivity index (χ0) is 13.2. The summed E-state index contributed by atoms with van der Waals surface area (Å²) in [5.41, 5.74) is 8.90. The molecule has 1 aromatic heterocycles. The molecule has 0 unspecified atom stereocenters. The molecule has 94 valence electrons. The van der Waals surface area contributed by atoms with Gasteiger partial charge in [0.25, 0.3) is 0 Å². The number of hydrogen-bond donors (Lipinski definition) is 1. The van der Waals surface area contributed by atoms with Crippen LogP contribution >= 0.6 is 0 Å². The first kappa shape index (κ1) is 11.5. The molecule has 0 fully saturated rings. The van der Waals surface area contributed by atoms with E-state index in [1.165, 1.54) is 5.56 Å². The van der Waals surface area contributed by atoms with Gasteiger partial charge in [-0.05, 0) is 19.1 Å². The predicted molar refractivity (Wildman–Crippen MR) is 75.9 cm³/mol. The summed E-state index contributed by atoms with van der Waals surface area (Å²) in [4.78, 5) is 4.32. The Bertz CT molecular complexity index is 684. The lowest BCUT2D eigenvalue weighted by atomic mass is 10.1. The fraction of sp³-hybridized carbons (Fsp3) is 0.0667. The van der Waals surface area contributed by atoms with Crippen molar-refractivity contribution >= 4 is 5.95 Å². The van der Waals surface area contributed by atoms with Gasteiger partial charge in [0.05, 0.1) is 5.69 Å². The lowest BCUT2D eigenvalue weighted by Gasteiger charge is -2.05. The van der Waals surface area contributed by atoms with Crippen molar-refractivity contribution in [3.8, 4) is 17.1 Å². The van der Waals surface area contributed by atoms with Gasteiger partial charge in [0.1, 0.15) is 0 Å². The zero-order valence-corrected chi connectivity index (χ0v) is 10.6. The molecule has 19 heavy (non-hydrogen) atoms. The molecule has 0 saturated heterocycles.